The van der Waals surface area contributed by atoms with Crippen LogP contribution in [0.4, 0.5) is 5.69 Å². The van der Waals surface area contributed by atoms with E-state index in [9.17, 15) is 9.90 Å². The Morgan fingerprint density at radius 3 is 2.55 bits per heavy atom. The van der Waals surface area contributed by atoms with E-state index in [1.807, 2.05) is 6.92 Å². The fraction of sp³-hybridized carbons (Fsp3) is 0.133. The maximum Gasteiger partial charge on any atom is 0.262 e. The first-order valence-electron chi connectivity index (χ1n) is 6.23. The Morgan fingerprint density at radius 1 is 1.14 bits per heavy atom. The number of phenols is 1. The highest BCUT2D eigenvalue weighted by molar-refractivity contribution is 6.43. The second-order valence-electron chi connectivity index (χ2n) is 4.55. The van der Waals surface area contributed by atoms with Crippen LogP contribution in [0, 0.1) is 6.92 Å². The minimum atomic E-state index is -0.442. The largest absolute Gasteiger partial charge is 0.506 e. The lowest BCUT2D eigenvalue weighted by molar-refractivity contribution is -0.118. The Kier molecular flexibility index (Phi) is 5.40. The minimum Gasteiger partial charge on any atom is -0.506 e. The first kappa shape index (κ1) is 16.7. The number of rotatable bonds is 4. The van der Waals surface area contributed by atoms with Crippen molar-refractivity contribution in [2.75, 3.05) is 11.9 Å². The van der Waals surface area contributed by atoms with Gasteiger partial charge >= 0.3 is 0 Å². The Hall–Kier alpha value is -1.62. The average Bonchev–Trinajstić information content (AvgIpc) is 2.45. The van der Waals surface area contributed by atoms with Crippen molar-refractivity contribution in [2.45, 2.75) is 6.92 Å². The molecule has 0 saturated heterocycles. The van der Waals surface area contributed by atoms with Gasteiger partial charge in [0.1, 0.15) is 11.5 Å². The molecule has 4 nitrogen and oxygen atoms in total. The van der Waals surface area contributed by atoms with Crippen molar-refractivity contribution in [1.82, 2.24) is 0 Å². The van der Waals surface area contributed by atoms with Gasteiger partial charge < -0.3 is 15.2 Å². The quantitative estimate of drug-likeness (QED) is 0.615. The molecule has 0 fully saturated rings. The van der Waals surface area contributed by atoms with Crippen molar-refractivity contribution in [3.63, 3.8) is 0 Å². The van der Waals surface area contributed by atoms with Crippen molar-refractivity contribution >= 4 is 46.4 Å². The summed E-state index contributed by atoms with van der Waals surface area (Å²) in [5.41, 5.74) is 1.22. The molecule has 0 bridgehead atoms. The molecule has 0 atom stereocenters. The molecule has 22 heavy (non-hydrogen) atoms. The van der Waals surface area contributed by atoms with Crippen LogP contribution in [0.5, 0.6) is 11.5 Å². The van der Waals surface area contributed by atoms with Crippen molar-refractivity contribution in [3.8, 4) is 11.5 Å². The number of aryl methyl sites for hydroxylation is 1. The van der Waals surface area contributed by atoms with E-state index in [0.29, 0.717) is 10.7 Å². The van der Waals surface area contributed by atoms with E-state index in [1.165, 1.54) is 18.2 Å². The topological polar surface area (TPSA) is 58.6 Å². The van der Waals surface area contributed by atoms with Gasteiger partial charge in [-0.1, -0.05) is 40.9 Å². The Bertz CT molecular complexity index is 719. The third-order valence-electron chi connectivity index (χ3n) is 2.76. The van der Waals surface area contributed by atoms with Crippen LogP contribution in [-0.4, -0.2) is 17.6 Å². The zero-order chi connectivity index (χ0) is 16.3. The van der Waals surface area contributed by atoms with E-state index in [2.05, 4.69) is 5.32 Å². The summed E-state index contributed by atoms with van der Waals surface area (Å²) in [6.07, 6.45) is 0. The summed E-state index contributed by atoms with van der Waals surface area (Å²) in [6.45, 7) is 1.56. The van der Waals surface area contributed by atoms with E-state index < -0.39 is 5.91 Å². The average molecular weight is 361 g/mol. The zero-order valence-corrected chi connectivity index (χ0v) is 13.8. The first-order valence-corrected chi connectivity index (χ1v) is 7.37. The van der Waals surface area contributed by atoms with Crippen LogP contribution >= 0.6 is 34.8 Å². The first-order chi connectivity index (χ1) is 10.4. The maximum absolute atomic E-state index is 11.9. The molecule has 116 valence electrons. The van der Waals surface area contributed by atoms with Crippen molar-refractivity contribution in [2.24, 2.45) is 0 Å². The van der Waals surface area contributed by atoms with Gasteiger partial charge in [0.25, 0.3) is 5.91 Å². The molecule has 0 heterocycles. The van der Waals surface area contributed by atoms with Crippen molar-refractivity contribution < 1.29 is 14.6 Å². The van der Waals surface area contributed by atoms with Crippen LogP contribution in [0.25, 0.3) is 0 Å². The Morgan fingerprint density at radius 2 is 1.82 bits per heavy atom. The molecule has 2 N–H and O–H groups in total. The van der Waals surface area contributed by atoms with Gasteiger partial charge in [-0.25, -0.2) is 0 Å². The van der Waals surface area contributed by atoms with Gasteiger partial charge in [0.2, 0.25) is 0 Å². The number of hydrogen-bond donors (Lipinski definition) is 2. The number of halogens is 3. The van der Waals surface area contributed by atoms with E-state index in [4.69, 9.17) is 39.5 Å². The summed E-state index contributed by atoms with van der Waals surface area (Å²) in [7, 11) is 0. The Labute approximate surface area is 142 Å². The predicted molar refractivity (Wildman–Crippen MR) is 88.4 cm³/mol. The monoisotopic (exact) mass is 359 g/mol. The molecule has 0 saturated carbocycles. The van der Waals surface area contributed by atoms with Gasteiger partial charge in [-0.2, -0.15) is 0 Å². The molecule has 0 unspecified atom stereocenters. The number of carbonyl (C=O) groups excluding carboxylic acids is 1. The molecule has 0 aliphatic rings. The normalized spacial score (nSPS) is 10.4. The van der Waals surface area contributed by atoms with Crippen molar-refractivity contribution in [3.05, 3.63) is 51.0 Å². The second-order valence-corrected chi connectivity index (χ2v) is 5.78. The number of ether oxygens (including phenoxy) is 1. The predicted octanol–water partition coefficient (Wildman–Crippen LogP) is 4.68. The van der Waals surface area contributed by atoms with Crippen LogP contribution in [0.3, 0.4) is 0 Å². The molecule has 0 aliphatic heterocycles. The summed E-state index contributed by atoms with van der Waals surface area (Å²) in [5, 5.41) is 13.0. The fourth-order valence-corrected chi connectivity index (χ4v) is 2.29. The van der Waals surface area contributed by atoms with Gasteiger partial charge in [0.05, 0.1) is 20.8 Å². The lowest BCUT2D eigenvalue weighted by atomic mass is 10.2. The molecular weight excluding hydrogens is 349 g/mol. The van der Waals surface area contributed by atoms with Crippen LogP contribution in [0.15, 0.2) is 30.3 Å². The number of anilines is 1. The third kappa shape index (κ3) is 4.19. The summed E-state index contributed by atoms with van der Waals surface area (Å²) in [6, 6.07) is 7.76. The van der Waals surface area contributed by atoms with E-state index >= 15 is 0 Å². The van der Waals surface area contributed by atoms with Crippen molar-refractivity contribution in [1.29, 1.82) is 0 Å². The number of amides is 1. The van der Waals surface area contributed by atoms with Gasteiger partial charge in [-0.3, -0.25) is 4.79 Å². The van der Waals surface area contributed by atoms with E-state index in [1.54, 1.807) is 12.1 Å². The molecule has 0 radical (unpaired) electrons. The van der Waals surface area contributed by atoms with E-state index in [-0.39, 0.29) is 28.2 Å². The molecule has 1 amide bonds. The smallest absolute Gasteiger partial charge is 0.262 e. The molecule has 0 spiro atoms. The van der Waals surface area contributed by atoms with Gasteiger partial charge in [-0.05, 0) is 30.7 Å². The highest BCUT2D eigenvalue weighted by atomic mass is 35.5. The molecular formula is C15H12Cl3NO3. The van der Waals surface area contributed by atoms with Gasteiger partial charge in [0.15, 0.2) is 6.61 Å². The van der Waals surface area contributed by atoms with Gasteiger partial charge in [-0.15, -0.1) is 0 Å². The molecule has 2 rings (SSSR count). The Balaban J connectivity index is 2.01. The number of phenolic OH excluding ortho intramolecular Hbond substituents is 1. The standard InChI is InChI=1S/C15H12Cl3NO3/c1-8-2-3-13(20)12(4-8)19-15(21)7-22-14-6-10(17)9(16)5-11(14)18/h2-6,20H,7H2,1H3,(H,19,21). The second kappa shape index (κ2) is 7.09. The molecule has 7 heteroatoms. The zero-order valence-electron chi connectivity index (χ0n) is 11.5. The number of hydrogen-bond acceptors (Lipinski definition) is 3. The minimum absolute atomic E-state index is 0.0217. The lowest BCUT2D eigenvalue weighted by Gasteiger charge is -2.11. The number of carbonyl (C=O) groups is 1. The summed E-state index contributed by atoms with van der Waals surface area (Å²) >= 11 is 17.6. The van der Waals surface area contributed by atoms with Gasteiger partial charge in [0, 0.05) is 6.07 Å². The van der Waals surface area contributed by atoms with Crippen LogP contribution in [0.2, 0.25) is 15.1 Å². The molecule has 2 aromatic rings. The highest BCUT2D eigenvalue weighted by Gasteiger charge is 2.11. The summed E-state index contributed by atoms with van der Waals surface area (Å²) in [4.78, 5) is 11.9. The maximum atomic E-state index is 11.9. The molecule has 0 aromatic heterocycles. The fourth-order valence-electron chi connectivity index (χ4n) is 1.69. The third-order valence-corrected chi connectivity index (χ3v) is 3.78. The number of nitrogens with one attached hydrogen (secondary N) is 1. The van der Waals surface area contributed by atoms with E-state index in [0.717, 1.165) is 5.56 Å². The SMILES string of the molecule is Cc1ccc(O)c(NC(=O)COc2cc(Cl)c(Cl)cc2Cl)c1. The van der Waals surface area contributed by atoms with Crippen LogP contribution in [-0.2, 0) is 4.79 Å². The molecule has 0 aliphatic carbocycles. The summed E-state index contributed by atoms with van der Waals surface area (Å²) < 4.78 is 5.31. The lowest BCUT2D eigenvalue weighted by Crippen LogP contribution is -2.20. The number of benzene rings is 2. The molecule has 2 aromatic carbocycles. The number of aromatic hydroxyl groups is 1. The van der Waals surface area contributed by atoms with Crippen LogP contribution in [0.1, 0.15) is 5.56 Å². The highest BCUT2D eigenvalue weighted by Crippen LogP contribution is 2.33. The van der Waals surface area contributed by atoms with Crippen LogP contribution < -0.4 is 10.1 Å². The summed E-state index contributed by atoms with van der Waals surface area (Å²) in [5.74, 6) is -0.214.